The van der Waals surface area contributed by atoms with Crippen molar-refractivity contribution in [3.63, 3.8) is 0 Å². The van der Waals surface area contributed by atoms with Crippen molar-refractivity contribution in [2.75, 3.05) is 13.4 Å². The van der Waals surface area contributed by atoms with Crippen molar-refractivity contribution in [2.45, 2.75) is 57.8 Å². The van der Waals surface area contributed by atoms with E-state index >= 15 is 0 Å². The van der Waals surface area contributed by atoms with Gasteiger partial charge in [0, 0.05) is 30.2 Å². The number of aromatic nitrogens is 1. The maximum atomic E-state index is 13.6. The Balaban J connectivity index is 0.943. The molecule has 2 aliphatic rings. The van der Waals surface area contributed by atoms with E-state index in [1.165, 1.54) is 47.7 Å². The summed E-state index contributed by atoms with van der Waals surface area (Å²) in [6.45, 7) is 3.09. The number of phenolic OH excluding ortho intramolecular Hbond substituents is 1. The van der Waals surface area contributed by atoms with Gasteiger partial charge in [-0.1, -0.05) is 12.6 Å². The molecule has 2 fully saturated rings. The fourth-order valence-corrected chi connectivity index (χ4v) is 8.72. The van der Waals surface area contributed by atoms with E-state index in [1.54, 1.807) is 48.5 Å². The lowest BCUT2D eigenvalue weighted by molar-refractivity contribution is -0.384. The molecule has 1 heterocycles. The van der Waals surface area contributed by atoms with Gasteiger partial charge in [0.25, 0.3) is 5.69 Å². The molecule has 4 aromatic carbocycles. The lowest BCUT2D eigenvalue weighted by atomic mass is 9.82. The number of non-ortho nitro benzene ring substituents is 1. The van der Waals surface area contributed by atoms with E-state index < -0.39 is 34.7 Å². The molecule has 17 heteroatoms. The van der Waals surface area contributed by atoms with Crippen LogP contribution in [0.4, 0.5) is 5.69 Å². The zero-order chi connectivity index (χ0) is 45.2. The standard InChI is InChI=1S/C47H44N2O14S/c1-2-40(51)60-27-59-36-20-22-38(23-21-36)62-46(54)32-7-9-33(10-8-32)47(55)63-39-24-13-28(42-41(39)48-43(64-42)29-11-14-34(15-12-29)49(56)57)25-26-58-44(52)30-3-5-31(6-4-30)45(53)61-37-18-16-35(50)17-19-37/h2,11-24,30-33,50H,1,3-10,25-27H2. The van der Waals surface area contributed by atoms with E-state index in [1.807, 2.05) is 0 Å². The molecule has 7 rings (SSSR count). The number of hydrogen-bond donors (Lipinski definition) is 1. The molecule has 0 amide bonds. The highest BCUT2D eigenvalue weighted by Crippen LogP contribution is 2.39. The van der Waals surface area contributed by atoms with Crippen LogP contribution in [0, 0.1) is 33.8 Å². The smallest absolute Gasteiger partial charge is 0.333 e. The highest BCUT2D eigenvalue weighted by atomic mass is 32.1. The molecule has 0 spiro atoms. The molecule has 332 valence electrons. The maximum absolute atomic E-state index is 13.6. The Morgan fingerprint density at radius 2 is 1.20 bits per heavy atom. The summed E-state index contributed by atoms with van der Waals surface area (Å²) in [6, 6.07) is 21.6. The monoisotopic (exact) mass is 892 g/mol. The lowest BCUT2D eigenvalue weighted by Crippen LogP contribution is -2.30. The highest BCUT2D eigenvalue weighted by molar-refractivity contribution is 7.21. The van der Waals surface area contributed by atoms with Gasteiger partial charge in [0.1, 0.15) is 33.5 Å². The molecule has 0 saturated heterocycles. The number of aromatic hydroxyl groups is 1. The summed E-state index contributed by atoms with van der Waals surface area (Å²) >= 11 is 1.32. The van der Waals surface area contributed by atoms with Gasteiger partial charge in [-0.15, -0.1) is 11.3 Å². The fourth-order valence-electron chi connectivity index (χ4n) is 7.60. The third-order valence-electron chi connectivity index (χ3n) is 11.2. The number of carbonyl (C=O) groups excluding carboxylic acids is 5. The van der Waals surface area contributed by atoms with Gasteiger partial charge in [-0.05, 0) is 124 Å². The zero-order valence-electron chi connectivity index (χ0n) is 34.5. The molecule has 1 aromatic heterocycles. The Bertz CT molecular complexity index is 2500. The van der Waals surface area contributed by atoms with Gasteiger partial charge in [-0.3, -0.25) is 29.3 Å². The van der Waals surface area contributed by atoms with Crippen molar-refractivity contribution < 1.29 is 62.4 Å². The predicted molar refractivity (Wildman–Crippen MR) is 231 cm³/mol. The average Bonchev–Trinajstić information content (AvgIpc) is 3.77. The fraction of sp³-hybridized carbons (Fsp3) is 0.319. The number of benzene rings is 4. The van der Waals surface area contributed by atoms with E-state index in [4.69, 9.17) is 33.4 Å². The first kappa shape index (κ1) is 44.9. The summed E-state index contributed by atoms with van der Waals surface area (Å²) < 4.78 is 33.6. The van der Waals surface area contributed by atoms with Crippen molar-refractivity contribution in [3.05, 3.63) is 113 Å². The Hall–Kier alpha value is -7.14. The van der Waals surface area contributed by atoms with Crippen LogP contribution in [0.3, 0.4) is 0 Å². The SMILES string of the molecule is C=CC(=O)OCOc1ccc(OC(=O)C2CCC(C(=O)Oc3ccc(CCOC(=O)C4CCC(C(=O)Oc5ccc(O)cc5)CC4)c4sc(-c5ccc([N+](=O)[O-])cc5)nc34)CC2)cc1. The Morgan fingerprint density at radius 1 is 0.688 bits per heavy atom. The molecular weight excluding hydrogens is 849 g/mol. The minimum Gasteiger partial charge on any atom is -0.508 e. The van der Waals surface area contributed by atoms with Crippen LogP contribution in [0.2, 0.25) is 0 Å². The number of hydrogen-bond acceptors (Lipinski definition) is 16. The molecule has 5 aromatic rings. The Kier molecular flexibility index (Phi) is 14.6. The van der Waals surface area contributed by atoms with Crippen LogP contribution in [0.15, 0.2) is 97.6 Å². The van der Waals surface area contributed by atoms with E-state index in [0.29, 0.717) is 95.8 Å². The summed E-state index contributed by atoms with van der Waals surface area (Å²) in [7, 11) is 0. The number of nitro groups is 1. The first-order chi connectivity index (χ1) is 30.9. The lowest BCUT2D eigenvalue weighted by Gasteiger charge is -2.26. The summed E-state index contributed by atoms with van der Waals surface area (Å²) in [5, 5.41) is 21.3. The average molecular weight is 893 g/mol. The van der Waals surface area contributed by atoms with Gasteiger partial charge < -0.3 is 33.5 Å². The number of thiazole rings is 1. The Morgan fingerprint density at radius 3 is 1.75 bits per heavy atom. The minimum absolute atomic E-state index is 0.0666. The third-order valence-corrected chi connectivity index (χ3v) is 12.4. The van der Waals surface area contributed by atoms with Crippen LogP contribution in [0.1, 0.15) is 56.9 Å². The normalized spacial score (nSPS) is 18.2. The van der Waals surface area contributed by atoms with E-state index in [2.05, 4.69) is 6.58 Å². The number of rotatable bonds is 16. The molecule has 0 unspecified atom stereocenters. The summed E-state index contributed by atoms with van der Waals surface area (Å²) in [5.41, 5.74) is 1.77. The third kappa shape index (κ3) is 11.5. The predicted octanol–water partition coefficient (Wildman–Crippen LogP) is 8.46. The van der Waals surface area contributed by atoms with Crippen molar-refractivity contribution in [1.82, 2.24) is 4.98 Å². The zero-order valence-corrected chi connectivity index (χ0v) is 35.3. The summed E-state index contributed by atoms with van der Waals surface area (Å²) in [5.74, 6) is -2.46. The van der Waals surface area contributed by atoms with E-state index in [0.717, 1.165) is 11.6 Å². The number of nitro benzene ring substituents is 1. The topological polar surface area (TPSA) is 217 Å². The highest BCUT2D eigenvalue weighted by Gasteiger charge is 2.34. The van der Waals surface area contributed by atoms with Gasteiger partial charge in [0.05, 0.1) is 39.9 Å². The van der Waals surface area contributed by atoms with Crippen LogP contribution in [-0.2, 0) is 39.9 Å². The van der Waals surface area contributed by atoms with Crippen LogP contribution >= 0.6 is 11.3 Å². The second-order valence-electron chi connectivity index (χ2n) is 15.4. The van der Waals surface area contributed by atoms with Gasteiger partial charge in [0.2, 0.25) is 6.79 Å². The van der Waals surface area contributed by atoms with Crippen molar-refractivity contribution in [1.29, 1.82) is 0 Å². The number of phenols is 1. The second kappa shape index (κ2) is 20.8. The molecule has 16 nitrogen and oxygen atoms in total. The molecule has 0 radical (unpaired) electrons. The number of ether oxygens (including phenoxy) is 6. The number of fused-ring (bicyclic) bond motifs is 1. The number of nitrogens with zero attached hydrogens (tertiary/aromatic N) is 2. The van der Waals surface area contributed by atoms with E-state index in [-0.39, 0.29) is 54.4 Å². The molecule has 64 heavy (non-hydrogen) atoms. The van der Waals surface area contributed by atoms with Crippen LogP contribution < -0.4 is 18.9 Å². The van der Waals surface area contributed by atoms with Gasteiger partial charge in [-0.2, -0.15) is 0 Å². The molecule has 0 aliphatic heterocycles. The Labute approximate surface area is 370 Å². The summed E-state index contributed by atoms with van der Waals surface area (Å²) in [4.78, 5) is 79.2. The molecule has 0 atom stereocenters. The molecule has 2 saturated carbocycles. The molecule has 2 aliphatic carbocycles. The first-order valence-electron chi connectivity index (χ1n) is 20.7. The maximum Gasteiger partial charge on any atom is 0.333 e. The van der Waals surface area contributed by atoms with Gasteiger partial charge in [-0.25, -0.2) is 9.78 Å². The second-order valence-corrected chi connectivity index (χ2v) is 16.4. The quantitative estimate of drug-likeness (QED) is 0.0245. The van der Waals surface area contributed by atoms with Crippen molar-refractivity contribution in [3.8, 4) is 39.3 Å². The van der Waals surface area contributed by atoms with Crippen LogP contribution in [0.25, 0.3) is 20.8 Å². The van der Waals surface area contributed by atoms with Gasteiger partial charge in [0.15, 0.2) is 5.75 Å². The van der Waals surface area contributed by atoms with Crippen LogP contribution in [0.5, 0.6) is 28.7 Å². The van der Waals surface area contributed by atoms with Crippen molar-refractivity contribution >= 4 is 57.1 Å². The molecule has 0 bridgehead atoms. The largest absolute Gasteiger partial charge is 0.508 e. The van der Waals surface area contributed by atoms with Crippen molar-refractivity contribution in [2.24, 2.45) is 23.7 Å². The molecule has 1 N–H and O–H groups in total. The number of carbonyl (C=O) groups is 5. The molecular formula is C47H44N2O14S. The number of esters is 5. The minimum atomic E-state index is -0.618. The summed E-state index contributed by atoms with van der Waals surface area (Å²) in [6.07, 6.45) is 4.89. The van der Waals surface area contributed by atoms with E-state index in [9.17, 15) is 39.2 Å². The first-order valence-corrected chi connectivity index (χ1v) is 21.6. The van der Waals surface area contributed by atoms with Gasteiger partial charge >= 0.3 is 29.8 Å². The van der Waals surface area contributed by atoms with Crippen LogP contribution in [-0.4, -0.2) is 58.3 Å².